The fourth-order valence-electron chi connectivity index (χ4n) is 1.62. The molecule has 2 N–H and O–H groups in total. The fourth-order valence-corrected chi connectivity index (χ4v) is 2.39. The number of thiazole rings is 1. The molecule has 18 heavy (non-hydrogen) atoms. The van der Waals surface area contributed by atoms with Gasteiger partial charge in [0.15, 0.2) is 5.69 Å². The summed E-state index contributed by atoms with van der Waals surface area (Å²) in [5.41, 5.74) is 0.151. The third-order valence-corrected chi connectivity index (χ3v) is 3.69. The average molecular weight is 271 g/mol. The van der Waals surface area contributed by atoms with E-state index < -0.39 is 5.97 Å². The first-order valence-corrected chi connectivity index (χ1v) is 7.16. The highest BCUT2D eigenvalue weighted by molar-refractivity contribution is 7.09. The molecule has 0 spiro atoms. The second-order valence-corrected chi connectivity index (χ2v) is 4.90. The molecule has 0 bridgehead atoms. The lowest BCUT2D eigenvalue weighted by atomic mass is 10.4. The lowest BCUT2D eigenvalue weighted by Gasteiger charge is -2.17. The molecule has 0 atom stereocenters. The Balaban J connectivity index is 2.15. The Morgan fingerprint density at radius 1 is 1.44 bits per heavy atom. The fraction of sp³-hybridized carbons (Fsp3) is 0.667. The third-order valence-electron chi connectivity index (χ3n) is 2.79. The molecular weight excluding hydrogens is 250 g/mol. The zero-order chi connectivity index (χ0) is 13.4. The van der Waals surface area contributed by atoms with Crippen LogP contribution in [0.4, 0.5) is 0 Å². The maximum atomic E-state index is 10.7. The average Bonchev–Trinajstić information content (AvgIpc) is 2.83. The zero-order valence-electron chi connectivity index (χ0n) is 11.0. The van der Waals surface area contributed by atoms with Gasteiger partial charge in [0.2, 0.25) is 0 Å². The minimum absolute atomic E-state index is 0.151. The molecule has 0 aliphatic heterocycles. The molecule has 6 heteroatoms. The second kappa shape index (κ2) is 8.18. The topological polar surface area (TPSA) is 65.5 Å². The second-order valence-electron chi connectivity index (χ2n) is 3.96. The quantitative estimate of drug-likeness (QED) is 0.663. The number of aromatic carboxylic acids is 1. The van der Waals surface area contributed by atoms with E-state index in [2.05, 4.69) is 29.0 Å². The highest BCUT2D eigenvalue weighted by Crippen LogP contribution is 2.09. The minimum Gasteiger partial charge on any atom is -0.476 e. The maximum absolute atomic E-state index is 10.7. The molecule has 5 nitrogen and oxygen atoms in total. The van der Waals surface area contributed by atoms with E-state index in [0.717, 1.165) is 44.2 Å². The number of carbonyl (C=O) groups is 1. The summed E-state index contributed by atoms with van der Waals surface area (Å²) in [5.74, 6) is -0.952. The predicted octanol–water partition coefficient (Wildman–Crippen LogP) is 1.32. The van der Waals surface area contributed by atoms with Gasteiger partial charge in [0, 0.05) is 31.4 Å². The number of carboxylic acids is 1. The molecule has 1 aromatic rings. The molecule has 0 amide bonds. The van der Waals surface area contributed by atoms with E-state index in [1.165, 1.54) is 11.3 Å². The summed E-state index contributed by atoms with van der Waals surface area (Å²) in [5, 5.41) is 14.6. The molecule has 0 saturated heterocycles. The van der Waals surface area contributed by atoms with E-state index in [0.29, 0.717) is 0 Å². The van der Waals surface area contributed by atoms with Gasteiger partial charge in [-0.2, -0.15) is 0 Å². The van der Waals surface area contributed by atoms with Crippen molar-refractivity contribution in [2.75, 3.05) is 32.7 Å². The van der Waals surface area contributed by atoms with Crippen LogP contribution in [0.5, 0.6) is 0 Å². The smallest absolute Gasteiger partial charge is 0.355 e. The first-order chi connectivity index (χ1) is 8.67. The monoisotopic (exact) mass is 271 g/mol. The molecule has 1 aromatic heterocycles. The Morgan fingerprint density at radius 2 is 2.17 bits per heavy atom. The van der Waals surface area contributed by atoms with Crippen molar-refractivity contribution in [3.8, 4) is 0 Å². The first-order valence-electron chi connectivity index (χ1n) is 6.28. The molecule has 0 saturated carbocycles. The van der Waals surface area contributed by atoms with E-state index in [1.807, 2.05) is 0 Å². The summed E-state index contributed by atoms with van der Waals surface area (Å²) in [6.45, 7) is 9.32. The lowest BCUT2D eigenvalue weighted by Crippen LogP contribution is -2.32. The number of likely N-dealkylation sites (N-methyl/N-ethyl adjacent to an activating group) is 1. The SMILES string of the molecule is CCN(CC)CCNCCc1nc(C(=O)O)cs1. The molecule has 0 radical (unpaired) electrons. The number of aromatic nitrogens is 1. The van der Waals surface area contributed by atoms with Gasteiger partial charge >= 0.3 is 5.97 Å². The van der Waals surface area contributed by atoms with Crippen LogP contribution < -0.4 is 5.32 Å². The summed E-state index contributed by atoms with van der Waals surface area (Å²) < 4.78 is 0. The van der Waals surface area contributed by atoms with Gasteiger partial charge in [-0.25, -0.2) is 9.78 Å². The van der Waals surface area contributed by atoms with E-state index >= 15 is 0 Å². The van der Waals surface area contributed by atoms with Crippen LogP contribution in [0.3, 0.4) is 0 Å². The molecule has 0 aromatic carbocycles. The Labute approximate surface area is 112 Å². The van der Waals surface area contributed by atoms with Crippen molar-refractivity contribution in [1.82, 2.24) is 15.2 Å². The van der Waals surface area contributed by atoms with E-state index in [4.69, 9.17) is 5.11 Å². The lowest BCUT2D eigenvalue weighted by molar-refractivity contribution is 0.0691. The maximum Gasteiger partial charge on any atom is 0.355 e. The van der Waals surface area contributed by atoms with Crippen LogP contribution in [0.2, 0.25) is 0 Å². The number of nitrogens with one attached hydrogen (secondary N) is 1. The summed E-state index contributed by atoms with van der Waals surface area (Å²) in [7, 11) is 0. The van der Waals surface area contributed by atoms with Crippen molar-refractivity contribution in [3.05, 3.63) is 16.1 Å². The Hall–Kier alpha value is -0.980. The highest BCUT2D eigenvalue weighted by Gasteiger charge is 2.07. The molecule has 1 heterocycles. The van der Waals surface area contributed by atoms with Gasteiger partial charge in [-0.3, -0.25) is 0 Å². The van der Waals surface area contributed by atoms with Crippen LogP contribution in [-0.4, -0.2) is 53.7 Å². The number of rotatable bonds is 9. The molecule has 1 rings (SSSR count). The van der Waals surface area contributed by atoms with Crippen molar-refractivity contribution in [2.45, 2.75) is 20.3 Å². The van der Waals surface area contributed by atoms with Gasteiger partial charge in [0.1, 0.15) is 0 Å². The van der Waals surface area contributed by atoms with Gasteiger partial charge in [-0.1, -0.05) is 13.8 Å². The number of nitrogens with zero attached hydrogens (tertiary/aromatic N) is 2. The van der Waals surface area contributed by atoms with Gasteiger partial charge in [-0.15, -0.1) is 11.3 Å². The van der Waals surface area contributed by atoms with Crippen LogP contribution >= 0.6 is 11.3 Å². The number of hydrogen-bond donors (Lipinski definition) is 2. The predicted molar refractivity (Wildman–Crippen MR) is 73.4 cm³/mol. The third kappa shape index (κ3) is 5.12. The Kier molecular flexibility index (Phi) is 6.85. The van der Waals surface area contributed by atoms with E-state index in [1.54, 1.807) is 5.38 Å². The summed E-state index contributed by atoms with van der Waals surface area (Å²) in [6.07, 6.45) is 0.788. The van der Waals surface area contributed by atoms with Gasteiger partial charge in [0.05, 0.1) is 5.01 Å². The summed E-state index contributed by atoms with van der Waals surface area (Å²) >= 11 is 1.41. The van der Waals surface area contributed by atoms with Crippen molar-refractivity contribution in [2.24, 2.45) is 0 Å². The molecular formula is C12H21N3O2S. The van der Waals surface area contributed by atoms with Crippen molar-refractivity contribution in [1.29, 1.82) is 0 Å². The van der Waals surface area contributed by atoms with Gasteiger partial charge in [0.25, 0.3) is 0 Å². The Morgan fingerprint density at radius 3 is 2.72 bits per heavy atom. The van der Waals surface area contributed by atoms with Crippen LogP contribution in [0.25, 0.3) is 0 Å². The summed E-state index contributed by atoms with van der Waals surface area (Å²) in [4.78, 5) is 17.1. The van der Waals surface area contributed by atoms with Gasteiger partial charge in [-0.05, 0) is 13.1 Å². The van der Waals surface area contributed by atoms with Crippen LogP contribution in [0.1, 0.15) is 29.3 Å². The largest absolute Gasteiger partial charge is 0.476 e. The number of carboxylic acid groups (broad SMARTS) is 1. The van der Waals surface area contributed by atoms with E-state index in [9.17, 15) is 4.79 Å². The van der Waals surface area contributed by atoms with Crippen molar-refractivity contribution >= 4 is 17.3 Å². The first kappa shape index (κ1) is 15.1. The van der Waals surface area contributed by atoms with Gasteiger partial charge < -0.3 is 15.3 Å². The standard InChI is InChI=1S/C12H21N3O2S/c1-3-15(4-2)8-7-13-6-5-11-14-10(9-18-11)12(16)17/h9,13H,3-8H2,1-2H3,(H,16,17). The summed E-state index contributed by atoms with van der Waals surface area (Å²) in [6, 6.07) is 0. The molecule has 102 valence electrons. The molecule has 0 fully saturated rings. The van der Waals surface area contributed by atoms with Crippen LogP contribution in [0.15, 0.2) is 5.38 Å². The molecule has 0 aliphatic rings. The van der Waals surface area contributed by atoms with Crippen LogP contribution in [-0.2, 0) is 6.42 Å². The highest BCUT2D eigenvalue weighted by atomic mass is 32.1. The van der Waals surface area contributed by atoms with Crippen LogP contribution in [0, 0.1) is 0 Å². The van der Waals surface area contributed by atoms with Crippen molar-refractivity contribution < 1.29 is 9.90 Å². The van der Waals surface area contributed by atoms with E-state index in [-0.39, 0.29) is 5.69 Å². The Bertz CT molecular complexity index is 364. The molecule has 0 unspecified atom stereocenters. The normalized spacial score (nSPS) is 11.1. The molecule has 0 aliphatic carbocycles. The van der Waals surface area contributed by atoms with Crippen molar-refractivity contribution in [3.63, 3.8) is 0 Å². The number of hydrogen-bond acceptors (Lipinski definition) is 5. The zero-order valence-corrected chi connectivity index (χ0v) is 11.8. The minimum atomic E-state index is -0.952.